The highest BCUT2D eigenvalue weighted by molar-refractivity contribution is 7.16. The largest absolute Gasteiger partial charge is 0.391 e. The quantitative estimate of drug-likeness (QED) is 0.185. The van der Waals surface area contributed by atoms with Crippen molar-refractivity contribution in [3.05, 3.63) is 76.3 Å². The summed E-state index contributed by atoms with van der Waals surface area (Å²) in [6.07, 6.45) is 12.3. The standard InChI is InChI=1S/C33H37FN8OS/c1-5-8-9-23(25-19-36-32(37-20-25)40-17-16-27(43)21-40)12-15-28-22(4)31(42(7-3)39-28)41(6-2)33-38-30(29(18-35)44-33)24-10-13-26(34)14-11-24/h9-15,19-20,27,43H,5-8,16-17,21H2,1-4H3/b15-12-,23-9-/t27-/m0/s1. The fraction of sp³-hybridized carbons (Fsp3) is 0.364. The van der Waals surface area contributed by atoms with Gasteiger partial charge in [0.05, 0.1) is 11.8 Å². The highest BCUT2D eigenvalue weighted by atomic mass is 32.1. The molecule has 4 aromatic rings. The molecule has 11 heteroatoms. The maximum absolute atomic E-state index is 13.6. The maximum Gasteiger partial charge on any atom is 0.225 e. The van der Waals surface area contributed by atoms with Crippen LogP contribution in [0, 0.1) is 24.1 Å². The molecule has 1 saturated heterocycles. The first-order valence-corrected chi connectivity index (χ1v) is 15.8. The van der Waals surface area contributed by atoms with E-state index in [-0.39, 0.29) is 11.9 Å². The van der Waals surface area contributed by atoms with Gasteiger partial charge < -0.3 is 14.9 Å². The minimum atomic E-state index is -0.332. The van der Waals surface area contributed by atoms with Crippen molar-refractivity contribution >= 4 is 39.9 Å². The SMILES string of the molecule is CCC/C=C(/C=C\c1nn(CC)c(N(CC)c2nc(-c3ccc(F)cc3)c(C#N)s2)c1C)c1cnc(N2CC[C@H](O)C2)nc1. The zero-order valence-corrected chi connectivity index (χ0v) is 26.4. The number of nitrogens with zero attached hydrogens (tertiary/aromatic N) is 8. The number of benzene rings is 1. The Morgan fingerprint density at radius 3 is 2.57 bits per heavy atom. The van der Waals surface area contributed by atoms with Crippen molar-refractivity contribution in [1.29, 1.82) is 5.26 Å². The smallest absolute Gasteiger partial charge is 0.225 e. The number of thiazole rings is 1. The molecule has 9 nitrogen and oxygen atoms in total. The number of unbranched alkanes of at least 4 members (excludes halogenated alkanes) is 1. The van der Waals surface area contributed by atoms with Crippen molar-refractivity contribution in [3.8, 4) is 17.3 Å². The molecule has 0 bridgehead atoms. The second kappa shape index (κ2) is 13.9. The van der Waals surface area contributed by atoms with E-state index in [2.05, 4.69) is 46.9 Å². The van der Waals surface area contributed by atoms with Crippen LogP contribution in [0.4, 0.5) is 21.3 Å². The van der Waals surface area contributed by atoms with Gasteiger partial charge in [0.15, 0.2) is 5.13 Å². The third-order valence-electron chi connectivity index (χ3n) is 7.62. The molecule has 0 amide bonds. The van der Waals surface area contributed by atoms with E-state index < -0.39 is 0 Å². The van der Waals surface area contributed by atoms with Crippen molar-refractivity contribution in [2.45, 2.75) is 59.6 Å². The summed E-state index contributed by atoms with van der Waals surface area (Å²) in [6, 6.07) is 8.32. The Hall–Kier alpha value is -4.40. The van der Waals surface area contributed by atoms with Crippen LogP contribution in [0.15, 0.2) is 48.8 Å². The van der Waals surface area contributed by atoms with Gasteiger partial charge in [-0.1, -0.05) is 36.8 Å². The number of rotatable bonds is 11. The fourth-order valence-corrected chi connectivity index (χ4v) is 6.22. The van der Waals surface area contributed by atoms with Gasteiger partial charge in [0.1, 0.15) is 28.3 Å². The minimum absolute atomic E-state index is 0.332. The molecule has 1 aromatic carbocycles. The molecule has 0 radical (unpaired) electrons. The second-order valence-electron chi connectivity index (χ2n) is 10.6. The molecule has 1 aliphatic heterocycles. The Labute approximate surface area is 261 Å². The number of anilines is 3. The van der Waals surface area contributed by atoms with Crippen LogP contribution in [0.25, 0.3) is 22.9 Å². The number of halogens is 1. The maximum atomic E-state index is 13.6. The summed E-state index contributed by atoms with van der Waals surface area (Å²) in [6.45, 7) is 10.9. The van der Waals surface area contributed by atoms with Gasteiger partial charge in [0.25, 0.3) is 0 Å². The van der Waals surface area contributed by atoms with Crippen molar-refractivity contribution in [1.82, 2.24) is 24.7 Å². The molecule has 0 saturated carbocycles. The monoisotopic (exact) mass is 612 g/mol. The second-order valence-corrected chi connectivity index (χ2v) is 11.6. The van der Waals surface area contributed by atoms with Gasteiger partial charge in [-0.25, -0.2) is 24.0 Å². The Bertz CT molecular complexity index is 1680. The van der Waals surface area contributed by atoms with Crippen LogP contribution in [0.1, 0.15) is 61.7 Å². The predicted octanol–water partition coefficient (Wildman–Crippen LogP) is 6.76. The first kappa shape index (κ1) is 31.0. The van der Waals surface area contributed by atoms with Gasteiger partial charge in [-0.05, 0) is 69.5 Å². The minimum Gasteiger partial charge on any atom is -0.391 e. The molecule has 3 aromatic heterocycles. The number of aliphatic hydroxyl groups excluding tert-OH is 1. The summed E-state index contributed by atoms with van der Waals surface area (Å²) in [4.78, 5) is 18.6. The molecule has 1 atom stereocenters. The molecule has 1 fully saturated rings. The third kappa shape index (κ3) is 6.56. The Morgan fingerprint density at radius 2 is 1.95 bits per heavy atom. The Balaban J connectivity index is 1.45. The van der Waals surface area contributed by atoms with Crippen LogP contribution in [0.3, 0.4) is 0 Å². The summed E-state index contributed by atoms with van der Waals surface area (Å²) in [7, 11) is 0. The molecular formula is C33H37FN8OS. The van der Waals surface area contributed by atoms with Gasteiger partial charge in [0.2, 0.25) is 5.95 Å². The molecule has 4 heterocycles. The van der Waals surface area contributed by atoms with E-state index in [9.17, 15) is 14.8 Å². The first-order valence-electron chi connectivity index (χ1n) is 15.0. The fourth-order valence-electron chi connectivity index (χ4n) is 5.27. The summed E-state index contributed by atoms with van der Waals surface area (Å²) in [5, 5.41) is 25.4. The van der Waals surface area contributed by atoms with Gasteiger partial charge in [-0.3, -0.25) is 0 Å². The van der Waals surface area contributed by atoms with Crippen molar-refractivity contribution < 1.29 is 9.50 Å². The van der Waals surface area contributed by atoms with E-state index in [1.165, 1.54) is 23.5 Å². The van der Waals surface area contributed by atoms with Gasteiger partial charge in [-0.15, -0.1) is 0 Å². The summed E-state index contributed by atoms with van der Waals surface area (Å²) in [5.41, 5.74) is 5.01. The van der Waals surface area contributed by atoms with Gasteiger partial charge in [-0.2, -0.15) is 10.4 Å². The number of aromatic nitrogens is 5. The van der Waals surface area contributed by atoms with Crippen LogP contribution in [0.2, 0.25) is 0 Å². The van der Waals surface area contributed by atoms with Gasteiger partial charge in [0, 0.05) is 55.3 Å². The Morgan fingerprint density at radius 1 is 1.20 bits per heavy atom. The van der Waals surface area contributed by atoms with Crippen molar-refractivity contribution in [3.63, 3.8) is 0 Å². The Kier molecular flexibility index (Phi) is 9.82. The van der Waals surface area contributed by atoms with Crippen LogP contribution >= 0.6 is 11.3 Å². The predicted molar refractivity (Wildman–Crippen MR) is 174 cm³/mol. The zero-order chi connectivity index (χ0) is 31.2. The van der Waals surface area contributed by atoms with E-state index in [0.717, 1.165) is 54.0 Å². The lowest BCUT2D eigenvalue weighted by atomic mass is 10.1. The highest BCUT2D eigenvalue weighted by Gasteiger charge is 2.24. The molecule has 0 aliphatic carbocycles. The lowest BCUT2D eigenvalue weighted by molar-refractivity contribution is 0.198. The molecule has 0 unspecified atom stereocenters. The molecular weight excluding hydrogens is 575 g/mol. The zero-order valence-electron chi connectivity index (χ0n) is 25.5. The topological polar surface area (TPSA) is 107 Å². The molecule has 1 N–H and O–H groups in total. The number of aliphatic hydroxyl groups is 1. The number of aryl methyl sites for hydroxylation is 1. The summed E-state index contributed by atoms with van der Waals surface area (Å²) >= 11 is 1.32. The summed E-state index contributed by atoms with van der Waals surface area (Å²) in [5.74, 6) is 1.22. The van der Waals surface area contributed by atoms with Crippen LogP contribution in [-0.4, -0.2) is 55.6 Å². The van der Waals surface area contributed by atoms with Gasteiger partial charge >= 0.3 is 0 Å². The number of allylic oxidation sites excluding steroid dienone is 3. The number of β-amino-alcohol motifs (C(OH)–C–C–N with tert-alkyl or cyclic N) is 1. The van der Waals surface area contributed by atoms with Crippen molar-refractivity contribution in [2.24, 2.45) is 0 Å². The molecule has 0 spiro atoms. The van der Waals surface area contributed by atoms with E-state index >= 15 is 0 Å². The first-order chi connectivity index (χ1) is 21.4. The highest BCUT2D eigenvalue weighted by Crippen LogP contribution is 2.38. The van der Waals surface area contributed by atoms with E-state index in [1.807, 2.05) is 41.9 Å². The number of hydrogen-bond acceptors (Lipinski definition) is 9. The van der Waals surface area contributed by atoms with Crippen LogP contribution in [0.5, 0.6) is 0 Å². The normalized spacial score (nSPS) is 15.3. The average Bonchev–Trinajstić information content (AvgIpc) is 3.76. The lowest BCUT2D eigenvalue weighted by Crippen LogP contribution is -2.23. The average molecular weight is 613 g/mol. The number of nitriles is 1. The summed E-state index contributed by atoms with van der Waals surface area (Å²) < 4.78 is 15.5. The van der Waals surface area contributed by atoms with E-state index in [4.69, 9.17) is 10.1 Å². The van der Waals surface area contributed by atoms with Crippen LogP contribution in [-0.2, 0) is 6.54 Å². The lowest BCUT2D eigenvalue weighted by Gasteiger charge is -2.21. The van der Waals surface area contributed by atoms with Crippen molar-refractivity contribution in [2.75, 3.05) is 29.4 Å². The van der Waals surface area contributed by atoms with E-state index in [0.29, 0.717) is 46.8 Å². The third-order valence-corrected chi connectivity index (χ3v) is 8.60. The van der Waals surface area contributed by atoms with E-state index in [1.54, 1.807) is 12.1 Å². The number of hydrogen-bond donors (Lipinski definition) is 1. The van der Waals surface area contributed by atoms with Crippen LogP contribution < -0.4 is 9.80 Å². The molecule has 44 heavy (non-hydrogen) atoms. The molecule has 1 aliphatic rings. The molecule has 228 valence electrons. The molecule has 5 rings (SSSR count).